The van der Waals surface area contributed by atoms with E-state index in [9.17, 15) is 4.79 Å². The van der Waals surface area contributed by atoms with E-state index in [1.165, 1.54) is 18.2 Å². The highest BCUT2D eigenvalue weighted by atomic mass is 35.5. The monoisotopic (exact) mass is 496 g/mol. The molecular weight excluding hydrogens is 468 g/mol. The van der Waals surface area contributed by atoms with Crippen molar-refractivity contribution < 1.29 is 9.53 Å². The number of hydrogen-bond donors (Lipinski definition) is 1. The summed E-state index contributed by atoms with van der Waals surface area (Å²) in [6, 6.07) is 13.6. The van der Waals surface area contributed by atoms with Crippen molar-refractivity contribution in [3.8, 4) is 5.69 Å². The van der Waals surface area contributed by atoms with Crippen LogP contribution in [0.25, 0.3) is 5.69 Å². The van der Waals surface area contributed by atoms with E-state index in [0.29, 0.717) is 29.5 Å². The molecule has 178 valence electrons. The zero-order chi connectivity index (χ0) is 24.4. The molecule has 34 heavy (non-hydrogen) atoms. The molecule has 0 aliphatic carbocycles. The Labute approximate surface area is 210 Å². The Kier molecular flexibility index (Phi) is 7.24. The number of carbonyl (C=O) groups is 1. The Morgan fingerprint density at radius 3 is 2.65 bits per heavy atom. The van der Waals surface area contributed by atoms with Crippen LogP contribution in [0.3, 0.4) is 0 Å². The van der Waals surface area contributed by atoms with Gasteiger partial charge in [0.05, 0.1) is 24.9 Å². The summed E-state index contributed by atoms with van der Waals surface area (Å²) in [5.74, 6) is -0.216. The highest BCUT2D eigenvalue weighted by Crippen LogP contribution is 2.43. The molecule has 3 heterocycles. The molecule has 1 aliphatic rings. The third kappa shape index (κ3) is 4.55. The molecule has 0 radical (unpaired) electrons. The second-order valence-electron chi connectivity index (χ2n) is 8.52. The van der Waals surface area contributed by atoms with Crippen molar-refractivity contribution in [2.24, 2.45) is 0 Å². The van der Waals surface area contributed by atoms with Gasteiger partial charge in [0.2, 0.25) is 0 Å². The number of hydrogen-bond acceptors (Lipinski definition) is 4. The van der Waals surface area contributed by atoms with E-state index in [1.54, 1.807) is 6.20 Å². The van der Waals surface area contributed by atoms with Gasteiger partial charge in [-0.2, -0.15) is 0 Å². The van der Waals surface area contributed by atoms with Gasteiger partial charge in [-0.15, -0.1) is 0 Å². The summed E-state index contributed by atoms with van der Waals surface area (Å²) in [6.07, 6.45) is 2.79. The van der Waals surface area contributed by atoms with Gasteiger partial charge in [-0.25, -0.2) is 0 Å². The molecule has 1 aliphatic heterocycles. The van der Waals surface area contributed by atoms with E-state index < -0.39 is 0 Å². The predicted molar refractivity (Wildman–Crippen MR) is 138 cm³/mol. The summed E-state index contributed by atoms with van der Waals surface area (Å²) in [5, 5.41) is 4.86. The van der Waals surface area contributed by atoms with Gasteiger partial charge in [0.15, 0.2) is 5.11 Å². The third-order valence-electron chi connectivity index (χ3n) is 6.57. The number of nitrogens with zero attached hydrogens (tertiary/aromatic N) is 3. The van der Waals surface area contributed by atoms with Crippen molar-refractivity contribution in [3.63, 3.8) is 0 Å². The van der Waals surface area contributed by atoms with E-state index in [1.807, 2.05) is 36.4 Å². The van der Waals surface area contributed by atoms with Crippen molar-refractivity contribution >= 4 is 34.9 Å². The summed E-state index contributed by atoms with van der Waals surface area (Å²) < 4.78 is 7.08. The van der Waals surface area contributed by atoms with Crippen LogP contribution < -0.4 is 5.32 Å². The molecule has 8 heteroatoms. The minimum atomic E-state index is -0.216. The van der Waals surface area contributed by atoms with E-state index in [0.717, 1.165) is 22.8 Å². The zero-order valence-corrected chi connectivity index (χ0v) is 21.4. The smallest absolute Gasteiger partial charge is 0.305 e. The van der Waals surface area contributed by atoms with Crippen molar-refractivity contribution in [2.45, 2.75) is 45.7 Å². The highest BCUT2D eigenvalue weighted by molar-refractivity contribution is 7.80. The number of esters is 1. The SMILES string of the molecule is COC(=O)CCCN1C(=S)N[C@H](c2ccccn2)[C@H]1c1c(C)c(C)n(-c2cccc(Cl)c2)c1C. The molecule has 1 aromatic carbocycles. The first-order valence-electron chi connectivity index (χ1n) is 11.3. The molecule has 0 bridgehead atoms. The van der Waals surface area contributed by atoms with Gasteiger partial charge in [-0.05, 0) is 75.3 Å². The number of thiocarbonyl (C=S) groups is 1. The molecule has 4 rings (SSSR count). The zero-order valence-electron chi connectivity index (χ0n) is 19.8. The largest absolute Gasteiger partial charge is 0.469 e. The Bertz CT molecular complexity index is 1210. The van der Waals surface area contributed by atoms with E-state index in [-0.39, 0.29) is 18.1 Å². The van der Waals surface area contributed by atoms with Crippen molar-refractivity contribution in [3.05, 3.63) is 81.9 Å². The normalized spacial score (nSPS) is 17.7. The molecule has 1 saturated heterocycles. The topological polar surface area (TPSA) is 59.4 Å². The van der Waals surface area contributed by atoms with Crippen LogP contribution in [0.15, 0.2) is 48.7 Å². The number of nitrogens with one attached hydrogen (secondary N) is 1. The number of carbonyl (C=O) groups excluding carboxylic acids is 1. The molecule has 2 aromatic heterocycles. The summed E-state index contributed by atoms with van der Waals surface area (Å²) in [5.41, 5.74) is 6.65. The van der Waals surface area contributed by atoms with Crippen molar-refractivity contribution in [1.82, 2.24) is 19.8 Å². The van der Waals surface area contributed by atoms with Gasteiger partial charge in [0.1, 0.15) is 0 Å². The molecule has 3 aromatic rings. The summed E-state index contributed by atoms with van der Waals surface area (Å²) in [7, 11) is 1.42. The van der Waals surface area contributed by atoms with Crippen LogP contribution >= 0.6 is 23.8 Å². The number of benzene rings is 1. The fourth-order valence-corrected chi connectivity index (χ4v) is 5.42. The molecule has 2 atom stereocenters. The number of ether oxygens (including phenoxy) is 1. The summed E-state index contributed by atoms with van der Waals surface area (Å²) >= 11 is 12.1. The van der Waals surface area contributed by atoms with Crippen LogP contribution in [0, 0.1) is 20.8 Å². The van der Waals surface area contributed by atoms with E-state index in [4.69, 9.17) is 28.6 Å². The van der Waals surface area contributed by atoms with Crippen LogP contribution in [0.2, 0.25) is 5.02 Å². The minimum Gasteiger partial charge on any atom is -0.469 e. The summed E-state index contributed by atoms with van der Waals surface area (Å²) in [6.45, 7) is 7.06. The average Bonchev–Trinajstić information content (AvgIpc) is 3.26. The quantitative estimate of drug-likeness (QED) is 0.350. The van der Waals surface area contributed by atoms with Crippen molar-refractivity contribution in [1.29, 1.82) is 0 Å². The lowest BCUT2D eigenvalue weighted by atomic mass is 9.93. The van der Waals surface area contributed by atoms with Gasteiger partial charge >= 0.3 is 5.97 Å². The average molecular weight is 497 g/mol. The lowest BCUT2D eigenvalue weighted by molar-refractivity contribution is -0.140. The van der Waals surface area contributed by atoms with Gasteiger partial charge in [-0.3, -0.25) is 9.78 Å². The Hall–Kier alpha value is -2.90. The van der Waals surface area contributed by atoms with Gasteiger partial charge in [-0.1, -0.05) is 23.7 Å². The molecule has 6 nitrogen and oxygen atoms in total. The standard InChI is InChI=1S/C26H29ClN4O2S/c1-16-17(2)31(20-10-7-9-19(27)15-20)18(3)23(16)25-24(21-11-5-6-13-28-21)29-26(34)30(25)14-8-12-22(32)33-4/h5-7,9-11,13,15,24-25H,8,12,14H2,1-4H3,(H,29,34)/t24-,25-/m1/s1. The first-order valence-corrected chi connectivity index (χ1v) is 12.1. The van der Waals surface area contributed by atoms with Gasteiger partial charge in [0.25, 0.3) is 0 Å². The first-order chi connectivity index (χ1) is 16.3. The fourth-order valence-electron chi connectivity index (χ4n) is 4.90. The molecule has 1 fully saturated rings. The molecule has 0 unspecified atom stereocenters. The second kappa shape index (κ2) is 10.2. The molecule has 1 N–H and O–H groups in total. The molecule has 0 saturated carbocycles. The number of rotatable bonds is 7. The summed E-state index contributed by atoms with van der Waals surface area (Å²) in [4.78, 5) is 18.6. The number of halogens is 1. The predicted octanol–water partition coefficient (Wildman–Crippen LogP) is 5.38. The van der Waals surface area contributed by atoms with Gasteiger partial charge in [0, 0.05) is 46.8 Å². The van der Waals surface area contributed by atoms with Crippen LogP contribution in [-0.4, -0.2) is 39.2 Å². The van der Waals surface area contributed by atoms with E-state index >= 15 is 0 Å². The fraction of sp³-hybridized carbons (Fsp3) is 0.346. The minimum absolute atomic E-state index is 0.0702. The maximum atomic E-state index is 11.7. The Morgan fingerprint density at radius 1 is 1.18 bits per heavy atom. The van der Waals surface area contributed by atoms with E-state index in [2.05, 4.69) is 46.6 Å². The lowest BCUT2D eigenvalue weighted by Crippen LogP contribution is -2.31. The molecular formula is C26H29ClN4O2S. The maximum absolute atomic E-state index is 11.7. The van der Waals surface area contributed by atoms with Crippen LogP contribution in [0.5, 0.6) is 0 Å². The first kappa shape index (κ1) is 24.2. The molecule has 0 spiro atoms. The third-order valence-corrected chi connectivity index (χ3v) is 7.16. The number of methoxy groups -OCH3 is 1. The second-order valence-corrected chi connectivity index (χ2v) is 9.35. The van der Waals surface area contributed by atoms with Crippen molar-refractivity contribution in [2.75, 3.05) is 13.7 Å². The van der Waals surface area contributed by atoms with Gasteiger partial charge < -0.3 is 19.5 Å². The number of aromatic nitrogens is 2. The van der Waals surface area contributed by atoms with Crippen LogP contribution in [0.1, 0.15) is 53.1 Å². The van der Waals surface area contributed by atoms with Crippen LogP contribution in [0.4, 0.5) is 0 Å². The molecule has 0 amide bonds. The van der Waals surface area contributed by atoms with Crippen LogP contribution in [-0.2, 0) is 9.53 Å². The number of pyridine rings is 1. The highest BCUT2D eigenvalue weighted by Gasteiger charge is 2.42. The lowest BCUT2D eigenvalue weighted by Gasteiger charge is -2.29. The maximum Gasteiger partial charge on any atom is 0.305 e. The Balaban J connectivity index is 1.80. The Morgan fingerprint density at radius 2 is 1.97 bits per heavy atom.